The summed E-state index contributed by atoms with van der Waals surface area (Å²) in [5.41, 5.74) is 1.52. The smallest absolute Gasteiger partial charge is 0.261 e. The van der Waals surface area contributed by atoms with Crippen LogP contribution in [-0.4, -0.2) is 15.0 Å². The van der Waals surface area contributed by atoms with Crippen molar-refractivity contribution in [2.24, 2.45) is 0 Å². The lowest BCUT2D eigenvalue weighted by molar-refractivity contribution is 0.601. The number of para-hydroxylation sites is 1. The van der Waals surface area contributed by atoms with Crippen LogP contribution in [0.2, 0.25) is 0 Å². The fraction of sp³-hybridized carbons (Fsp3) is 0.200. The van der Waals surface area contributed by atoms with Gasteiger partial charge >= 0.3 is 0 Å². The molecule has 0 aliphatic heterocycles. The number of anilines is 1. The van der Waals surface area contributed by atoms with Gasteiger partial charge in [0, 0.05) is 11.0 Å². The lowest BCUT2D eigenvalue weighted by Gasteiger charge is -2.13. The third-order valence-electron chi connectivity index (χ3n) is 2.95. The van der Waals surface area contributed by atoms with Gasteiger partial charge < -0.3 is 5.32 Å². The summed E-state index contributed by atoms with van der Waals surface area (Å²) < 4.78 is 28.3. The maximum absolute atomic E-state index is 12.4. The van der Waals surface area contributed by atoms with Gasteiger partial charge in [-0.15, -0.1) is 0 Å². The van der Waals surface area contributed by atoms with E-state index in [1.807, 2.05) is 25.1 Å². The first-order valence-corrected chi connectivity index (χ1v) is 8.87. The highest BCUT2D eigenvalue weighted by atomic mass is 79.9. The molecule has 0 unspecified atom stereocenters. The molecule has 0 saturated heterocycles. The van der Waals surface area contributed by atoms with E-state index in [0.717, 1.165) is 16.6 Å². The van der Waals surface area contributed by atoms with Gasteiger partial charge in [-0.25, -0.2) is 8.42 Å². The van der Waals surface area contributed by atoms with Gasteiger partial charge in [0.15, 0.2) is 0 Å². The minimum atomic E-state index is -3.58. The number of benzene rings is 2. The third-order valence-corrected chi connectivity index (χ3v) is 4.86. The molecule has 21 heavy (non-hydrogen) atoms. The standard InChI is InChI=1S/C15H17BrN2O2S/c1-2-17-11-12-5-3-4-6-15(12)18-21(19,20)14-9-7-13(16)8-10-14/h3-10,17-18H,2,11H2,1H3. The van der Waals surface area contributed by atoms with E-state index in [9.17, 15) is 8.42 Å². The monoisotopic (exact) mass is 368 g/mol. The first kappa shape index (κ1) is 16.0. The summed E-state index contributed by atoms with van der Waals surface area (Å²) >= 11 is 3.30. The zero-order valence-electron chi connectivity index (χ0n) is 11.6. The van der Waals surface area contributed by atoms with E-state index >= 15 is 0 Å². The number of nitrogens with one attached hydrogen (secondary N) is 2. The zero-order chi connectivity index (χ0) is 15.3. The molecule has 2 N–H and O–H groups in total. The van der Waals surface area contributed by atoms with E-state index < -0.39 is 10.0 Å². The molecule has 0 radical (unpaired) electrons. The number of sulfonamides is 1. The van der Waals surface area contributed by atoms with Crippen molar-refractivity contribution in [1.29, 1.82) is 0 Å². The Morgan fingerprint density at radius 1 is 1.05 bits per heavy atom. The minimum Gasteiger partial charge on any atom is -0.313 e. The molecule has 0 bridgehead atoms. The number of hydrogen-bond donors (Lipinski definition) is 2. The molecule has 2 aromatic rings. The molecule has 0 amide bonds. The van der Waals surface area contributed by atoms with Crippen LogP contribution in [-0.2, 0) is 16.6 Å². The van der Waals surface area contributed by atoms with Gasteiger partial charge in [-0.1, -0.05) is 41.1 Å². The van der Waals surface area contributed by atoms with Gasteiger partial charge in [0.2, 0.25) is 0 Å². The Balaban J connectivity index is 2.26. The highest BCUT2D eigenvalue weighted by Gasteiger charge is 2.15. The summed E-state index contributed by atoms with van der Waals surface area (Å²) in [6.45, 7) is 3.46. The lowest BCUT2D eigenvalue weighted by atomic mass is 10.2. The Morgan fingerprint density at radius 2 is 1.71 bits per heavy atom. The van der Waals surface area contributed by atoms with Gasteiger partial charge in [0.05, 0.1) is 10.6 Å². The quantitative estimate of drug-likeness (QED) is 0.821. The van der Waals surface area contributed by atoms with Crippen molar-refractivity contribution in [2.45, 2.75) is 18.4 Å². The van der Waals surface area contributed by atoms with Crippen molar-refractivity contribution >= 4 is 31.6 Å². The number of halogens is 1. The van der Waals surface area contributed by atoms with Crippen molar-refractivity contribution in [3.63, 3.8) is 0 Å². The molecular weight excluding hydrogens is 352 g/mol. The fourth-order valence-corrected chi connectivity index (χ4v) is 3.22. The highest BCUT2D eigenvalue weighted by molar-refractivity contribution is 9.10. The largest absolute Gasteiger partial charge is 0.313 e. The number of hydrogen-bond acceptors (Lipinski definition) is 3. The van der Waals surface area contributed by atoms with Crippen molar-refractivity contribution in [1.82, 2.24) is 5.32 Å². The molecule has 2 aromatic carbocycles. The van der Waals surface area contributed by atoms with Crippen molar-refractivity contribution in [2.75, 3.05) is 11.3 Å². The van der Waals surface area contributed by atoms with Gasteiger partial charge in [-0.3, -0.25) is 4.72 Å². The SMILES string of the molecule is CCNCc1ccccc1NS(=O)(=O)c1ccc(Br)cc1. The second kappa shape index (κ2) is 7.06. The lowest BCUT2D eigenvalue weighted by Crippen LogP contribution is -2.17. The molecule has 0 heterocycles. The normalized spacial score (nSPS) is 11.3. The van der Waals surface area contributed by atoms with Crippen LogP contribution >= 0.6 is 15.9 Å². The van der Waals surface area contributed by atoms with Crippen molar-refractivity contribution < 1.29 is 8.42 Å². The number of rotatable bonds is 6. The van der Waals surface area contributed by atoms with Gasteiger partial charge in [0.1, 0.15) is 0 Å². The third kappa shape index (κ3) is 4.30. The molecule has 0 saturated carbocycles. The Morgan fingerprint density at radius 3 is 2.38 bits per heavy atom. The molecule has 0 aromatic heterocycles. The average molecular weight is 369 g/mol. The van der Waals surface area contributed by atoms with Crippen LogP contribution < -0.4 is 10.0 Å². The fourth-order valence-electron chi connectivity index (χ4n) is 1.85. The summed E-state index contributed by atoms with van der Waals surface area (Å²) in [6, 6.07) is 13.9. The molecule has 2 rings (SSSR count). The van der Waals surface area contributed by atoms with Gasteiger partial charge in [-0.2, -0.15) is 0 Å². The summed E-state index contributed by atoms with van der Waals surface area (Å²) in [4.78, 5) is 0.240. The van der Waals surface area contributed by atoms with E-state index in [1.54, 1.807) is 30.3 Å². The van der Waals surface area contributed by atoms with Crippen LogP contribution in [0.15, 0.2) is 57.9 Å². The van der Waals surface area contributed by atoms with E-state index in [-0.39, 0.29) is 4.90 Å². The van der Waals surface area contributed by atoms with Gasteiger partial charge in [0.25, 0.3) is 10.0 Å². The molecule has 0 atom stereocenters. The topological polar surface area (TPSA) is 58.2 Å². The first-order valence-electron chi connectivity index (χ1n) is 6.60. The van der Waals surface area contributed by atoms with Crippen LogP contribution in [0.3, 0.4) is 0 Å². The van der Waals surface area contributed by atoms with E-state index in [2.05, 4.69) is 26.0 Å². The Hall–Kier alpha value is -1.37. The maximum atomic E-state index is 12.4. The Labute approximate surface area is 133 Å². The molecule has 0 aliphatic carbocycles. The van der Waals surface area contributed by atoms with Crippen LogP contribution in [0.1, 0.15) is 12.5 Å². The van der Waals surface area contributed by atoms with Crippen LogP contribution in [0.5, 0.6) is 0 Å². The maximum Gasteiger partial charge on any atom is 0.261 e. The van der Waals surface area contributed by atoms with Crippen molar-refractivity contribution in [3.8, 4) is 0 Å². The molecule has 0 fully saturated rings. The summed E-state index contributed by atoms with van der Waals surface area (Å²) in [5.74, 6) is 0. The van der Waals surface area contributed by atoms with Gasteiger partial charge in [-0.05, 0) is 42.4 Å². The predicted molar refractivity (Wildman–Crippen MR) is 88.8 cm³/mol. The van der Waals surface area contributed by atoms with E-state index in [4.69, 9.17) is 0 Å². The summed E-state index contributed by atoms with van der Waals surface area (Å²) in [7, 11) is -3.58. The first-order chi connectivity index (χ1) is 10.0. The zero-order valence-corrected chi connectivity index (χ0v) is 14.0. The second-order valence-electron chi connectivity index (χ2n) is 4.50. The van der Waals surface area contributed by atoms with Crippen LogP contribution in [0.4, 0.5) is 5.69 Å². The van der Waals surface area contributed by atoms with E-state index in [0.29, 0.717) is 12.2 Å². The van der Waals surface area contributed by atoms with Crippen LogP contribution in [0.25, 0.3) is 0 Å². The summed E-state index contributed by atoms with van der Waals surface area (Å²) in [6.07, 6.45) is 0. The molecule has 0 aliphatic rings. The van der Waals surface area contributed by atoms with Crippen molar-refractivity contribution in [3.05, 3.63) is 58.6 Å². The molecular formula is C15H17BrN2O2S. The predicted octanol–water partition coefficient (Wildman–Crippen LogP) is 3.36. The molecule has 0 spiro atoms. The molecule has 4 nitrogen and oxygen atoms in total. The Kier molecular flexibility index (Phi) is 5.39. The molecule has 6 heteroatoms. The molecule has 112 valence electrons. The second-order valence-corrected chi connectivity index (χ2v) is 7.09. The van der Waals surface area contributed by atoms with Crippen LogP contribution in [0, 0.1) is 0 Å². The summed E-state index contributed by atoms with van der Waals surface area (Å²) in [5, 5.41) is 3.20. The highest BCUT2D eigenvalue weighted by Crippen LogP contribution is 2.21. The van der Waals surface area contributed by atoms with E-state index in [1.165, 1.54) is 0 Å². The minimum absolute atomic E-state index is 0.240. The average Bonchev–Trinajstić information content (AvgIpc) is 2.46. The Bertz CT molecular complexity index is 700.